The molecule has 1 rings (SSSR count). The Labute approximate surface area is 89.1 Å². The fourth-order valence-electron chi connectivity index (χ4n) is 1.14. The first-order chi connectivity index (χ1) is 6.83. The number of hydrogen-bond donors (Lipinski definition) is 1. The minimum atomic E-state index is 0.102. The molecule has 14 heavy (non-hydrogen) atoms. The molecular weight excluding hydrogens is 194 g/mol. The van der Waals surface area contributed by atoms with Crippen molar-refractivity contribution < 1.29 is 4.79 Å². The van der Waals surface area contributed by atoms with Crippen molar-refractivity contribution in [2.24, 2.45) is 0 Å². The second-order valence-corrected chi connectivity index (χ2v) is 3.99. The van der Waals surface area contributed by atoms with E-state index in [1.807, 2.05) is 36.6 Å². The fraction of sp³-hybridized carbons (Fsp3) is 0.364. The Hall–Kier alpha value is -0.960. The molecule has 0 aliphatic carbocycles. The highest BCUT2D eigenvalue weighted by Crippen LogP contribution is 1.99. The van der Waals surface area contributed by atoms with Crippen LogP contribution < -0.4 is 5.32 Å². The zero-order chi connectivity index (χ0) is 10.2. The van der Waals surface area contributed by atoms with Gasteiger partial charge in [0.2, 0.25) is 5.91 Å². The van der Waals surface area contributed by atoms with Gasteiger partial charge < -0.3 is 5.32 Å². The molecule has 2 nitrogen and oxygen atoms in total. The zero-order valence-corrected chi connectivity index (χ0v) is 9.14. The van der Waals surface area contributed by atoms with Gasteiger partial charge in [-0.1, -0.05) is 30.3 Å². The van der Waals surface area contributed by atoms with Gasteiger partial charge in [-0.25, -0.2) is 0 Å². The van der Waals surface area contributed by atoms with Crippen molar-refractivity contribution in [1.82, 2.24) is 5.32 Å². The number of carbonyl (C=O) groups excluding carboxylic acids is 1. The molecule has 0 spiro atoms. The van der Waals surface area contributed by atoms with Gasteiger partial charge in [0, 0.05) is 12.3 Å². The van der Waals surface area contributed by atoms with E-state index >= 15 is 0 Å². The molecule has 1 aromatic rings. The van der Waals surface area contributed by atoms with E-state index in [4.69, 9.17) is 0 Å². The van der Waals surface area contributed by atoms with Crippen LogP contribution in [0.4, 0.5) is 0 Å². The third-order valence-corrected chi connectivity index (χ3v) is 2.45. The molecule has 0 saturated carbocycles. The topological polar surface area (TPSA) is 29.1 Å². The number of nitrogens with one attached hydrogen (secondary N) is 1. The molecule has 0 atom stereocenters. The summed E-state index contributed by atoms with van der Waals surface area (Å²) in [6.07, 6.45) is 2.51. The second kappa shape index (κ2) is 6.49. The Balaban J connectivity index is 2.27. The number of hydrogen-bond acceptors (Lipinski definition) is 2. The van der Waals surface area contributed by atoms with Gasteiger partial charge in [0.1, 0.15) is 0 Å². The van der Waals surface area contributed by atoms with Crippen LogP contribution in [0.3, 0.4) is 0 Å². The van der Waals surface area contributed by atoms with Crippen LogP contribution in [0.1, 0.15) is 5.56 Å². The maximum absolute atomic E-state index is 11.4. The molecule has 0 unspecified atom stereocenters. The summed E-state index contributed by atoms with van der Waals surface area (Å²) in [7, 11) is 0. The summed E-state index contributed by atoms with van der Waals surface area (Å²) >= 11 is 1.74. The molecule has 0 heterocycles. The van der Waals surface area contributed by atoms with Gasteiger partial charge in [0.25, 0.3) is 0 Å². The van der Waals surface area contributed by atoms with E-state index in [1.54, 1.807) is 11.8 Å². The van der Waals surface area contributed by atoms with Gasteiger partial charge in [0.15, 0.2) is 0 Å². The highest BCUT2D eigenvalue weighted by molar-refractivity contribution is 7.98. The molecule has 76 valence electrons. The lowest BCUT2D eigenvalue weighted by molar-refractivity contribution is -0.120. The van der Waals surface area contributed by atoms with E-state index in [0.717, 1.165) is 17.9 Å². The van der Waals surface area contributed by atoms with Gasteiger partial charge in [-0.15, -0.1) is 0 Å². The molecule has 0 bridgehead atoms. The second-order valence-electron chi connectivity index (χ2n) is 3.01. The van der Waals surface area contributed by atoms with Crippen molar-refractivity contribution in [3.8, 4) is 0 Å². The summed E-state index contributed by atoms with van der Waals surface area (Å²) in [6.45, 7) is 0.757. The van der Waals surface area contributed by atoms with E-state index in [9.17, 15) is 4.79 Å². The Kier molecular flexibility index (Phi) is 5.15. The molecule has 1 N–H and O–H groups in total. The van der Waals surface area contributed by atoms with Crippen molar-refractivity contribution in [2.75, 3.05) is 18.6 Å². The van der Waals surface area contributed by atoms with Gasteiger partial charge in [0.05, 0.1) is 6.42 Å². The average molecular weight is 209 g/mol. The Morgan fingerprint density at radius 3 is 2.71 bits per heavy atom. The molecule has 0 fully saturated rings. The van der Waals surface area contributed by atoms with Crippen LogP contribution >= 0.6 is 11.8 Å². The van der Waals surface area contributed by atoms with Crippen LogP contribution in [-0.2, 0) is 11.2 Å². The zero-order valence-electron chi connectivity index (χ0n) is 8.32. The van der Waals surface area contributed by atoms with Crippen LogP contribution in [0.15, 0.2) is 30.3 Å². The Morgan fingerprint density at radius 1 is 1.36 bits per heavy atom. The summed E-state index contributed by atoms with van der Waals surface area (Å²) in [6, 6.07) is 9.78. The van der Waals surface area contributed by atoms with Gasteiger partial charge in [-0.05, 0) is 11.8 Å². The van der Waals surface area contributed by atoms with Crippen LogP contribution in [0, 0.1) is 0 Å². The van der Waals surface area contributed by atoms with Crippen molar-refractivity contribution in [1.29, 1.82) is 0 Å². The van der Waals surface area contributed by atoms with Gasteiger partial charge >= 0.3 is 0 Å². The molecule has 0 aliphatic rings. The van der Waals surface area contributed by atoms with Gasteiger partial charge in [-0.2, -0.15) is 11.8 Å². The summed E-state index contributed by atoms with van der Waals surface area (Å²) in [5, 5.41) is 2.87. The predicted molar refractivity (Wildman–Crippen MR) is 61.5 cm³/mol. The molecule has 0 aliphatic heterocycles. The molecule has 3 heteroatoms. The number of thioether (sulfide) groups is 1. The van der Waals surface area contributed by atoms with Crippen molar-refractivity contribution in [3.63, 3.8) is 0 Å². The third-order valence-electron chi connectivity index (χ3n) is 1.84. The van der Waals surface area contributed by atoms with E-state index in [0.29, 0.717) is 6.42 Å². The van der Waals surface area contributed by atoms with Crippen LogP contribution in [0.2, 0.25) is 0 Å². The highest BCUT2D eigenvalue weighted by atomic mass is 32.2. The van der Waals surface area contributed by atoms with Crippen LogP contribution in [0.5, 0.6) is 0 Å². The van der Waals surface area contributed by atoms with Crippen molar-refractivity contribution in [2.45, 2.75) is 6.42 Å². The van der Waals surface area contributed by atoms with Crippen LogP contribution in [-0.4, -0.2) is 24.5 Å². The summed E-state index contributed by atoms with van der Waals surface area (Å²) in [5.41, 5.74) is 1.06. The minimum Gasteiger partial charge on any atom is -0.355 e. The quantitative estimate of drug-likeness (QED) is 0.748. The Morgan fingerprint density at radius 2 is 2.07 bits per heavy atom. The Bertz CT molecular complexity index is 274. The normalized spacial score (nSPS) is 9.79. The maximum atomic E-state index is 11.4. The molecule has 1 aromatic carbocycles. The lowest BCUT2D eigenvalue weighted by atomic mass is 10.1. The summed E-state index contributed by atoms with van der Waals surface area (Å²) in [5.74, 6) is 1.07. The van der Waals surface area contributed by atoms with Crippen molar-refractivity contribution >= 4 is 17.7 Å². The summed E-state index contributed by atoms with van der Waals surface area (Å²) in [4.78, 5) is 11.4. The monoisotopic (exact) mass is 209 g/mol. The number of amides is 1. The number of benzene rings is 1. The predicted octanol–water partition coefficient (Wildman–Crippen LogP) is 1.71. The molecular formula is C11H15NOS. The highest BCUT2D eigenvalue weighted by Gasteiger charge is 2.00. The molecule has 0 radical (unpaired) electrons. The average Bonchev–Trinajstić information content (AvgIpc) is 2.20. The van der Waals surface area contributed by atoms with Gasteiger partial charge in [-0.3, -0.25) is 4.79 Å². The fourth-order valence-corrected chi connectivity index (χ4v) is 1.44. The minimum absolute atomic E-state index is 0.102. The number of carbonyl (C=O) groups is 1. The van der Waals surface area contributed by atoms with Crippen LogP contribution in [0.25, 0.3) is 0 Å². The molecule has 1 amide bonds. The largest absolute Gasteiger partial charge is 0.355 e. The van der Waals surface area contributed by atoms with E-state index in [-0.39, 0.29) is 5.91 Å². The first kappa shape index (κ1) is 11.1. The van der Waals surface area contributed by atoms with E-state index in [2.05, 4.69) is 5.32 Å². The first-order valence-corrected chi connectivity index (χ1v) is 6.02. The standard InChI is InChI=1S/C11H15NOS/c1-14-8-7-12-11(13)9-10-5-3-2-4-6-10/h2-6H,7-9H2,1H3,(H,12,13). The summed E-state index contributed by atoms with van der Waals surface area (Å²) < 4.78 is 0. The van der Waals surface area contributed by atoms with E-state index < -0.39 is 0 Å². The molecule has 0 aromatic heterocycles. The lowest BCUT2D eigenvalue weighted by Gasteiger charge is -2.03. The lowest BCUT2D eigenvalue weighted by Crippen LogP contribution is -2.27. The maximum Gasteiger partial charge on any atom is 0.224 e. The third kappa shape index (κ3) is 4.33. The van der Waals surface area contributed by atoms with E-state index in [1.165, 1.54) is 0 Å². The number of rotatable bonds is 5. The first-order valence-electron chi connectivity index (χ1n) is 4.62. The van der Waals surface area contributed by atoms with Crippen molar-refractivity contribution in [3.05, 3.63) is 35.9 Å². The SMILES string of the molecule is CSCCNC(=O)Cc1ccccc1. The smallest absolute Gasteiger partial charge is 0.224 e. The molecule has 0 saturated heterocycles.